The Hall–Kier alpha value is -2.38. The van der Waals surface area contributed by atoms with E-state index < -0.39 is 18.4 Å². The number of hydrogen-bond acceptors (Lipinski definition) is 4. The highest BCUT2D eigenvalue weighted by molar-refractivity contribution is 6.01. The molecule has 0 aromatic heterocycles. The second-order valence-electron chi connectivity index (χ2n) is 6.38. The van der Waals surface area contributed by atoms with Gasteiger partial charge in [-0.25, -0.2) is 0 Å². The van der Waals surface area contributed by atoms with Crippen LogP contribution < -0.4 is 5.32 Å². The largest absolute Gasteiger partial charge is 0.458 e. The minimum Gasteiger partial charge on any atom is -0.350 e. The molecular formula is C19H19F3N2O2. The van der Waals surface area contributed by atoms with Gasteiger partial charge in [0.2, 0.25) is 0 Å². The molecule has 0 spiro atoms. The van der Waals surface area contributed by atoms with E-state index in [9.17, 15) is 18.3 Å². The third-order valence-corrected chi connectivity index (χ3v) is 4.18. The molecule has 1 heterocycles. The minimum atomic E-state index is -4.89. The van der Waals surface area contributed by atoms with E-state index in [1.54, 1.807) is 12.1 Å². The summed E-state index contributed by atoms with van der Waals surface area (Å²) in [6.45, 7) is 3.39. The Morgan fingerprint density at radius 3 is 2.42 bits per heavy atom. The molecule has 1 unspecified atom stereocenters. The van der Waals surface area contributed by atoms with Crippen molar-refractivity contribution in [2.75, 3.05) is 0 Å². The fourth-order valence-corrected chi connectivity index (χ4v) is 2.72. The quantitative estimate of drug-likeness (QED) is 0.851. The maximum atomic E-state index is 12.7. The fraction of sp³-hybridized carbons (Fsp3) is 0.316. The van der Waals surface area contributed by atoms with Crippen molar-refractivity contribution < 1.29 is 23.1 Å². The topological polar surface area (TPSA) is 53.9 Å². The van der Waals surface area contributed by atoms with E-state index in [1.165, 1.54) is 11.1 Å². The zero-order chi connectivity index (χ0) is 18.8. The molecule has 2 N–H and O–H groups in total. The zero-order valence-corrected chi connectivity index (χ0v) is 14.2. The second kappa shape index (κ2) is 7.09. The standard InChI is InChI=1S/C19H19F3N2O2/c1-13-3-2-4-15(9-13)12-23-11-14-5-7-16(8-6-14)17-10-18(25,26-24-17)19(20,21)22/h2-9,23,25H,10-12H2,1H3. The first kappa shape index (κ1) is 18.4. The SMILES string of the molecule is Cc1cccc(CNCc2ccc(C3=NOC(O)(C(F)(F)F)C3)cc2)c1. The van der Waals surface area contributed by atoms with Crippen LogP contribution in [0.3, 0.4) is 0 Å². The first-order chi connectivity index (χ1) is 12.3. The smallest absolute Gasteiger partial charge is 0.350 e. The molecule has 0 fully saturated rings. The van der Waals surface area contributed by atoms with Crippen LogP contribution in [0, 0.1) is 6.92 Å². The fourth-order valence-electron chi connectivity index (χ4n) is 2.72. The molecule has 4 nitrogen and oxygen atoms in total. The molecule has 0 saturated carbocycles. The van der Waals surface area contributed by atoms with Gasteiger partial charge in [-0.1, -0.05) is 59.3 Å². The lowest BCUT2D eigenvalue weighted by atomic mass is 10.0. The van der Waals surface area contributed by atoms with Gasteiger partial charge in [0.25, 0.3) is 0 Å². The van der Waals surface area contributed by atoms with Crippen LogP contribution in [0.15, 0.2) is 53.7 Å². The van der Waals surface area contributed by atoms with Crippen LogP contribution in [0.25, 0.3) is 0 Å². The molecule has 0 bridgehead atoms. The van der Waals surface area contributed by atoms with Crippen molar-refractivity contribution in [1.82, 2.24) is 5.32 Å². The summed E-state index contributed by atoms with van der Waals surface area (Å²) in [4.78, 5) is 4.23. The van der Waals surface area contributed by atoms with E-state index in [0.29, 0.717) is 12.1 Å². The highest BCUT2D eigenvalue weighted by Gasteiger charge is 2.60. The molecule has 3 rings (SSSR count). The number of nitrogens with zero attached hydrogens (tertiary/aromatic N) is 1. The van der Waals surface area contributed by atoms with Crippen molar-refractivity contribution in [3.63, 3.8) is 0 Å². The first-order valence-corrected chi connectivity index (χ1v) is 8.16. The Morgan fingerprint density at radius 2 is 1.81 bits per heavy atom. The van der Waals surface area contributed by atoms with E-state index in [1.807, 2.05) is 37.3 Å². The molecule has 0 aliphatic carbocycles. The highest BCUT2D eigenvalue weighted by Crippen LogP contribution is 2.38. The van der Waals surface area contributed by atoms with Crippen LogP contribution in [0.4, 0.5) is 13.2 Å². The van der Waals surface area contributed by atoms with Crippen molar-refractivity contribution in [3.8, 4) is 0 Å². The lowest BCUT2D eigenvalue weighted by Gasteiger charge is -2.22. The lowest BCUT2D eigenvalue weighted by Crippen LogP contribution is -2.45. The van der Waals surface area contributed by atoms with Gasteiger partial charge < -0.3 is 15.3 Å². The molecule has 138 valence electrons. The van der Waals surface area contributed by atoms with Gasteiger partial charge in [0.15, 0.2) is 0 Å². The Bertz CT molecular complexity index is 803. The highest BCUT2D eigenvalue weighted by atomic mass is 19.4. The van der Waals surface area contributed by atoms with Crippen molar-refractivity contribution >= 4 is 5.71 Å². The molecule has 0 amide bonds. The third kappa shape index (κ3) is 4.05. The second-order valence-corrected chi connectivity index (χ2v) is 6.38. The van der Waals surface area contributed by atoms with Gasteiger partial charge in [-0.3, -0.25) is 0 Å². The summed E-state index contributed by atoms with van der Waals surface area (Å²) in [6.07, 6.45) is -5.61. The monoisotopic (exact) mass is 364 g/mol. The van der Waals surface area contributed by atoms with Gasteiger partial charge in [0.1, 0.15) is 0 Å². The summed E-state index contributed by atoms with van der Waals surface area (Å²) < 4.78 is 38.2. The van der Waals surface area contributed by atoms with Crippen LogP contribution in [0.5, 0.6) is 0 Å². The number of oxime groups is 1. The maximum Gasteiger partial charge on any atom is 0.458 e. The first-order valence-electron chi connectivity index (χ1n) is 8.16. The molecule has 26 heavy (non-hydrogen) atoms. The van der Waals surface area contributed by atoms with Gasteiger partial charge in [0, 0.05) is 13.1 Å². The molecule has 0 saturated heterocycles. The van der Waals surface area contributed by atoms with Gasteiger partial charge in [-0.15, -0.1) is 0 Å². The Kier molecular flexibility index (Phi) is 5.02. The van der Waals surface area contributed by atoms with E-state index in [4.69, 9.17) is 0 Å². The number of halogens is 3. The van der Waals surface area contributed by atoms with Gasteiger partial charge >= 0.3 is 12.0 Å². The van der Waals surface area contributed by atoms with Crippen LogP contribution >= 0.6 is 0 Å². The predicted molar refractivity (Wildman–Crippen MR) is 91.4 cm³/mol. The minimum absolute atomic E-state index is 0.0732. The Labute approximate surface area is 149 Å². The number of aliphatic hydroxyl groups is 1. The Morgan fingerprint density at radius 1 is 1.12 bits per heavy atom. The summed E-state index contributed by atoms with van der Waals surface area (Å²) in [5.74, 6) is -3.24. The molecule has 7 heteroatoms. The van der Waals surface area contributed by atoms with E-state index in [2.05, 4.69) is 21.4 Å². The Balaban J connectivity index is 1.56. The van der Waals surface area contributed by atoms with E-state index in [0.717, 1.165) is 12.1 Å². The molecular weight excluding hydrogens is 345 g/mol. The number of aryl methyl sites for hydroxylation is 1. The van der Waals surface area contributed by atoms with Crippen molar-refractivity contribution in [2.45, 2.75) is 38.4 Å². The van der Waals surface area contributed by atoms with Crippen LogP contribution in [-0.2, 0) is 17.9 Å². The van der Waals surface area contributed by atoms with E-state index in [-0.39, 0.29) is 5.71 Å². The summed E-state index contributed by atoms with van der Waals surface area (Å²) >= 11 is 0. The molecule has 1 atom stereocenters. The summed E-state index contributed by atoms with van der Waals surface area (Å²) in [5.41, 5.74) is 3.95. The molecule has 1 aliphatic rings. The van der Waals surface area contributed by atoms with Crippen LogP contribution in [0.2, 0.25) is 0 Å². The van der Waals surface area contributed by atoms with Gasteiger partial charge in [-0.2, -0.15) is 13.2 Å². The average molecular weight is 364 g/mol. The molecule has 1 aliphatic heterocycles. The molecule has 2 aromatic carbocycles. The van der Waals surface area contributed by atoms with Crippen molar-refractivity contribution in [3.05, 3.63) is 70.8 Å². The summed E-state index contributed by atoms with van der Waals surface area (Å²) in [5, 5.41) is 16.2. The zero-order valence-electron chi connectivity index (χ0n) is 14.2. The summed E-state index contributed by atoms with van der Waals surface area (Å²) in [6, 6.07) is 15.2. The molecule has 0 radical (unpaired) electrons. The third-order valence-electron chi connectivity index (χ3n) is 4.18. The number of hydrogen-bond donors (Lipinski definition) is 2. The summed E-state index contributed by atoms with van der Waals surface area (Å²) in [7, 11) is 0. The average Bonchev–Trinajstić information content (AvgIpc) is 2.99. The van der Waals surface area contributed by atoms with E-state index >= 15 is 0 Å². The number of alkyl halides is 3. The van der Waals surface area contributed by atoms with Gasteiger partial charge in [-0.05, 0) is 23.6 Å². The van der Waals surface area contributed by atoms with Crippen molar-refractivity contribution in [1.29, 1.82) is 0 Å². The van der Waals surface area contributed by atoms with Crippen LogP contribution in [-0.4, -0.2) is 22.8 Å². The maximum absolute atomic E-state index is 12.7. The number of benzene rings is 2. The predicted octanol–water partition coefficient (Wildman–Crippen LogP) is 3.66. The lowest BCUT2D eigenvalue weighted by molar-refractivity contribution is -0.355. The normalized spacial score (nSPS) is 20.0. The van der Waals surface area contributed by atoms with Crippen LogP contribution in [0.1, 0.15) is 28.7 Å². The number of rotatable bonds is 5. The van der Waals surface area contributed by atoms with Crippen molar-refractivity contribution in [2.24, 2.45) is 5.16 Å². The number of nitrogens with one attached hydrogen (secondary N) is 1. The van der Waals surface area contributed by atoms with Gasteiger partial charge in [0.05, 0.1) is 12.1 Å². The molecule has 2 aromatic rings.